The van der Waals surface area contributed by atoms with Crippen molar-refractivity contribution in [2.45, 2.75) is 329 Å². The van der Waals surface area contributed by atoms with Crippen LogP contribution in [0, 0.1) is 12.3 Å². The SMILES string of the molecule is C#CCN(C(C)=O)[C@@H]1O[C@@H](O)[C@@H](O[C@@H]2OC(CO[C@H]3OC[C@@H](O)[C@H](O)C3O[C@@H]3OC(CO)[C@H](O)[C@H](O)C3O)[C@@H](O[C@@H]3O[C@@H](CO[C@@H]4OC[C@H](O)C(O)C4O[C@@H]4OC(CO)[C@H](O)[C@H](O)C4O)[C@@H](O[C@@H]4OC(CO[C@H]5OC[C@@H](O)[C@H](O)C5O)[C@@H](O)[C@H](O)C4O)C(O)C3O)[C@H](O)C2O)C(O)C1O.C[Si](C)(C)O[Si](C)(CCCOCC(O)CN=[N+]=[N-])O[Si](C)(C)C. The Kier molecular flexibility index (Phi) is 39.7. The van der Waals surface area contributed by atoms with E-state index in [2.05, 4.69) is 61.8 Å². The highest BCUT2D eigenvalue weighted by atomic mass is 28.5. The lowest BCUT2D eigenvalue weighted by Gasteiger charge is -2.50. The molecule has 9 heterocycles. The second-order valence-electron chi connectivity index (χ2n) is 32.8. The third-order valence-corrected chi connectivity index (χ3v) is 30.4. The topological polar surface area (TPSA) is 780 Å². The van der Waals surface area contributed by atoms with Gasteiger partial charge >= 0.3 is 8.56 Å². The quantitative estimate of drug-likeness (QED) is 0.00700. The van der Waals surface area contributed by atoms with E-state index in [4.69, 9.17) is 105 Å². The minimum atomic E-state index is -2.50. The van der Waals surface area contributed by atoms with E-state index in [1.807, 2.05) is 0 Å². The Morgan fingerprint density at radius 2 is 0.803 bits per heavy atom. The Morgan fingerprint density at radius 3 is 1.21 bits per heavy atom. The summed E-state index contributed by atoms with van der Waals surface area (Å²) in [6.45, 7) is 9.63. The third kappa shape index (κ3) is 26.7. The molecule has 0 aromatic rings. The van der Waals surface area contributed by atoms with Crippen LogP contribution < -0.4 is 0 Å². The van der Waals surface area contributed by atoms with Crippen LogP contribution in [0.3, 0.4) is 0 Å². The standard InChI is InChI=1S/C55H89NO43.C13H33N3O4Si3/c1-3-4-56(13(2)59)46-34(75)31(72)43(47(82)99-46)96-53-40(81)33(74)42(21(93-53)12-88-55-45(24(65)16(62)9-85-55)98-50-37(78)29(70)26(67)18(6-58)90-50)95-52-39(80)32(73)41(94-51-38(79)30(71)27(68)19(91-51)10-86-48-35(76)22(63)14(60)7-83-48)20(92-52)11-87-54-44(23(64)15(61)8-84-54)97-49-36(77)28(69)25(66)17(5-57)89-49;1-21(2,3)19-23(7,20-22(4,5)6)10-8-9-18-12-13(17)11-15-16-14/h1,14-55,57-58,60-82H,4-12H2,2H3;13,17H,8-12H2,1-7H3/t14-,15+,16-,17?,18?,19?,20+,21?,22+,23?,24+,25+,26+,27-,28+,29+,30+,31?,32?,33-,34?,35?,36?,37?,38?,39?,40?,41-,42-,43+,44?,45?,46-,47-,48-,49+,50+,51+,52+,53+,54+,55-;/m1./s1. The number of carbonyl (C=O) groups excluding carboxylic acids is 1. The average molecular weight is 1830 g/mol. The van der Waals surface area contributed by atoms with Crippen LogP contribution >= 0.6 is 0 Å². The number of azide groups is 1. The van der Waals surface area contributed by atoms with Gasteiger partial charge in [0.15, 0.2) is 79.5 Å². The molecule has 54 heteroatoms. The van der Waals surface area contributed by atoms with Gasteiger partial charge in [-0.15, -0.1) is 6.42 Å². The summed E-state index contributed by atoms with van der Waals surface area (Å²) in [4.78, 5) is 15.9. The second-order valence-corrected chi connectivity index (χ2v) is 45.6. The van der Waals surface area contributed by atoms with E-state index in [9.17, 15) is 138 Å². The molecule has 1 amide bonds. The normalized spacial score (nSPS) is 44.6. The Labute approximate surface area is 701 Å². The number of carbonyl (C=O) groups is 1. The molecule has 0 aromatic carbocycles. The Morgan fingerprint density at radius 1 is 0.451 bits per heavy atom. The Balaban J connectivity index is 0.000000699. The van der Waals surface area contributed by atoms with E-state index >= 15 is 0 Å². The largest absolute Gasteiger partial charge is 0.437 e. The number of amides is 1. The summed E-state index contributed by atoms with van der Waals surface area (Å²) in [5, 5.41) is 286. The van der Waals surface area contributed by atoms with E-state index in [0.717, 1.165) is 24.3 Å². The summed E-state index contributed by atoms with van der Waals surface area (Å²) in [6.07, 6.45) is -80.6. The van der Waals surface area contributed by atoms with E-state index in [-0.39, 0.29) is 13.2 Å². The van der Waals surface area contributed by atoms with E-state index in [0.29, 0.717) is 6.61 Å². The highest BCUT2D eigenvalue weighted by molar-refractivity contribution is 6.87. The predicted octanol–water partition coefficient (Wildman–Crippen LogP) is -14.4. The molecule has 26 N–H and O–H groups in total. The van der Waals surface area contributed by atoms with E-state index in [1.165, 1.54) is 0 Å². The van der Waals surface area contributed by atoms with Crippen molar-refractivity contribution < 1.29 is 231 Å². The Hall–Kier alpha value is -2.85. The molecule has 9 aliphatic heterocycles. The highest BCUT2D eigenvalue weighted by Crippen LogP contribution is 2.39. The van der Waals surface area contributed by atoms with Gasteiger partial charge in [0.2, 0.25) is 5.91 Å². The first-order valence-corrected chi connectivity index (χ1v) is 48.7. The van der Waals surface area contributed by atoms with Gasteiger partial charge in [0.05, 0.1) is 78.7 Å². The molecule has 122 heavy (non-hydrogen) atoms. The van der Waals surface area contributed by atoms with Crippen molar-refractivity contribution in [3.8, 4) is 12.3 Å². The van der Waals surface area contributed by atoms with Crippen molar-refractivity contribution in [3.63, 3.8) is 0 Å². The summed E-state index contributed by atoms with van der Waals surface area (Å²) in [6, 6.07) is 0.883. The summed E-state index contributed by atoms with van der Waals surface area (Å²) in [5.41, 5.74) is 8.19. The maximum absolute atomic E-state index is 12.5. The average Bonchev–Trinajstić information content (AvgIpc) is 0.770. The maximum Gasteiger partial charge on any atom is 0.314 e. The molecule has 9 aliphatic rings. The fourth-order valence-corrected chi connectivity index (χ4v) is 27.1. The van der Waals surface area contributed by atoms with Crippen molar-refractivity contribution in [1.82, 2.24) is 4.90 Å². The van der Waals surface area contributed by atoms with Crippen LogP contribution in [0.25, 0.3) is 10.4 Å². The molecule has 0 aromatic heterocycles. The minimum Gasteiger partial charge on any atom is -0.437 e. The van der Waals surface area contributed by atoms with E-state index in [1.54, 1.807) is 0 Å². The summed E-state index contributed by atoms with van der Waals surface area (Å²) >= 11 is 0. The lowest BCUT2D eigenvalue weighted by Crippen LogP contribution is -2.68. The summed E-state index contributed by atoms with van der Waals surface area (Å²) in [7, 11) is -5.53. The molecule has 9 fully saturated rings. The number of nitrogens with zero attached hydrogens (tertiary/aromatic N) is 4. The van der Waals surface area contributed by atoms with Gasteiger partial charge in [-0.25, -0.2) is 0 Å². The van der Waals surface area contributed by atoms with Gasteiger partial charge in [0.1, 0.15) is 195 Å². The number of rotatable bonds is 35. The van der Waals surface area contributed by atoms with Gasteiger partial charge in [-0.2, -0.15) is 0 Å². The third-order valence-electron chi connectivity index (χ3n) is 20.8. The zero-order valence-corrected chi connectivity index (χ0v) is 70.8. The summed E-state index contributed by atoms with van der Waals surface area (Å²) in [5.74, 6) is 1.36. The van der Waals surface area contributed by atoms with Gasteiger partial charge in [0, 0.05) is 18.4 Å². The zero-order valence-electron chi connectivity index (χ0n) is 67.8. The molecule has 0 aliphatic carbocycles. The molecule has 708 valence electrons. The smallest absolute Gasteiger partial charge is 0.314 e. The molecule has 0 spiro atoms. The second kappa shape index (κ2) is 46.3. The zero-order chi connectivity index (χ0) is 90.6. The molecular formula is C68H122N4O47Si3. The van der Waals surface area contributed by atoms with Crippen LogP contribution in [-0.4, -0.2) is 512 Å². The first-order chi connectivity index (χ1) is 57.2. The molecule has 0 radical (unpaired) electrons. The molecule has 17 unspecified atom stereocenters. The number of aliphatic hydroxyl groups excluding tert-OH is 26. The number of terminal acetylenes is 1. The molecule has 51 nitrogen and oxygen atoms in total. The lowest BCUT2D eigenvalue weighted by atomic mass is 9.95. The van der Waals surface area contributed by atoms with Crippen molar-refractivity contribution in [2.75, 3.05) is 79.2 Å². The molecule has 0 saturated carbocycles. The van der Waals surface area contributed by atoms with Crippen LogP contribution in [0.15, 0.2) is 5.11 Å². The number of ether oxygens (including phenoxy) is 18. The van der Waals surface area contributed by atoms with Crippen LogP contribution in [0.5, 0.6) is 0 Å². The fourth-order valence-electron chi connectivity index (χ4n) is 14.6. The van der Waals surface area contributed by atoms with Crippen molar-refractivity contribution in [3.05, 3.63) is 10.4 Å². The highest BCUT2D eigenvalue weighted by Gasteiger charge is 2.59. The first kappa shape index (κ1) is 105. The number of hydrogen-bond acceptors (Lipinski definition) is 48. The number of hydrogen-bond donors (Lipinski definition) is 26. The minimum absolute atomic E-state index is 0.0421. The van der Waals surface area contributed by atoms with E-state index < -0.39 is 355 Å². The van der Waals surface area contributed by atoms with Gasteiger partial charge in [-0.3, -0.25) is 4.79 Å². The van der Waals surface area contributed by atoms with Crippen LogP contribution in [0.1, 0.15) is 13.3 Å². The van der Waals surface area contributed by atoms with Crippen molar-refractivity contribution in [2.24, 2.45) is 5.11 Å². The van der Waals surface area contributed by atoms with Gasteiger partial charge in [-0.05, 0) is 63.8 Å². The maximum atomic E-state index is 12.5. The molecule has 43 atom stereocenters. The Bertz CT molecular complexity index is 3220. The van der Waals surface area contributed by atoms with Gasteiger partial charge in [0.25, 0.3) is 0 Å². The van der Waals surface area contributed by atoms with Crippen molar-refractivity contribution >= 4 is 31.1 Å². The molecular weight excluding hydrogens is 1710 g/mol. The van der Waals surface area contributed by atoms with Crippen molar-refractivity contribution in [1.29, 1.82) is 0 Å². The molecule has 0 bridgehead atoms. The molecule has 9 saturated heterocycles. The first-order valence-electron chi connectivity index (χ1n) is 39.4. The predicted molar refractivity (Wildman–Crippen MR) is 399 cm³/mol. The summed E-state index contributed by atoms with van der Waals surface area (Å²) < 4.78 is 116. The van der Waals surface area contributed by atoms with Gasteiger partial charge < -0.3 is 231 Å². The van der Waals surface area contributed by atoms with Crippen LogP contribution in [-0.2, 0) is 98.3 Å². The monoisotopic (exact) mass is 1830 g/mol. The fraction of sp³-hybridized carbons (Fsp3) is 0.956. The number of aliphatic hydroxyl groups is 26. The lowest BCUT2D eigenvalue weighted by molar-refractivity contribution is -0.399. The van der Waals surface area contributed by atoms with Crippen LogP contribution in [0.4, 0.5) is 0 Å². The van der Waals surface area contributed by atoms with Gasteiger partial charge in [-0.1, -0.05) is 11.0 Å². The van der Waals surface area contributed by atoms with Crippen LogP contribution in [0.2, 0.25) is 51.9 Å². The molecule has 9 rings (SSSR count).